The summed E-state index contributed by atoms with van der Waals surface area (Å²) in [7, 11) is 0. The molecule has 1 saturated heterocycles. The Balaban J connectivity index is 1.52. The molecule has 0 radical (unpaired) electrons. The van der Waals surface area contributed by atoms with Gasteiger partial charge in [-0.1, -0.05) is 25.4 Å². The standard InChI is InChI=1S/C19H25ClN4O3/c1-11(2)17(21)18(26)22-10-16(25)24-7-5-12(6-8-24)19-23-14-9-13(20)3-4-15(14)27-19/h3-4,9,11-12,17H,5-8,10,21H2,1-2H3,(H,22,26)/t17-/m0/s1. The summed E-state index contributed by atoms with van der Waals surface area (Å²) < 4.78 is 5.84. The van der Waals surface area contributed by atoms with Gasteiger partial charge in [0, 0.05) is 24.0 Å². The summed E-state index contributed by atoms with van der Waals surface area (Å²) >= 11 is 5.99. The topological polar surface area (TPSA) is 101 Å². The lowest BCUT2D eigenvalue weighted by Gasteiger charge is -2.30. The minimum atomic E-state index is -0.601. The molecule has 1 aromatic heterocycles. The molecule has 1 aliphatic rings. The molecule has 2 amide bonds. The van der Waals surface area contributed by atoms with E-state index >= 15 is 0 Å². The Kier molecular flexibility index (Phi) is 6.01. The number of nitrogens with two attached hydrogens (primary N) is 1. The van der Waals surface area contributed by atoms with Crippen molar-refractivity contribution in [2.24, 2.45) is 11.7 Å². The Bertz CT molecular complexity index is 827. The molecule has 1 aliphatic heterocycles. The van der Waals surface area contributed by atoms with E-state index in [0.29, 0.717) is 24.0 Å². The molecule has 1 atom stereocenters. The summed E-state index contributed by atoms with van der Waals surface area (Å²) in [6, 6.07) is 4.78. The number of hydrogen-bond acceptors (Lipinski definition) is 5. The molecule has 0 unspecified atom stereocenters. The molecule has 8 heteroatoms. The largest absolute Gasteiger partial charge is 0.440 e. The maximum absolute atomic E-state index is 12.3. The lowest BCUT2D eigenvalue weighted by atomic mass is 9.97. The molecular weight excluding hydrogens is 368 g/mol. The Morgan fingerprint density at radius 1 is 1.37 bits per heavy atom. The molecule has 0 saturated carbocycles. The Morgan fingerprint density at radius 2 is 2.07 bits per heavy atom. The molecule has 27 heavy (non-hydrogen) atoms. The Morgan fingerprint density at radius 3 is 2.74 bits per heavy atom. The number of likely N-dealkylation sites (tertiary alicyclic amines) is 1. The zero-order valence-electron chi connectivity index (χ0n) is 15.6. The van der Waals surface area contributed by atoms with Crippen LogP contribution in [0.25, 0.3) is 11.1 Å². The smallest absolute Gasteiger partial charge is 0.241 e. The highest BCUT2D eigenvalue weighted by Crippen LogP contribution is 2.30. The zero-order valence-corrected chi connectivity index (χ0v) is 16.3. The number of amides is 2. The summed E-state index contributed by atoms with van der Waals surface area (Å²) in [5, 5.41) is 3.26. The third-order valence-corrected chi connectivity index (χ3v) is 5.23. The number of rotatable bonds is 5. The number of piperidine rings is 1. The van der Waals surface area contributed by atoms with E-state index in [4.69, 9.17) is 21.8 Å². The molecule has 0 aliphatic carbocycles. The fourth-order valence-electron chi connectivity index (χ4n) is 3.16. The minimum absolute atomic E-state index is 0.0225. The third kappa shape index (κ3) is 4.59. The van der Waals surface area contributed by atoms with Crippen LogP contribution in [0.15, 0.2) is 22.6 Å². The zero-order chi connectivity index (χ0) is 19.6. The van der Waals surface area contributed by atoms with Crippen molar-refractivity contribution in [2.75, 3.05) is 19.6 Å². The number of aromatic nitrogens is 1. The highest BCUT2D eigenvalue weighted by atomic mass is 35.5. The molecule has 7 nitrogen and oxygen atoms in total. The molecule has 0 spiro atoms. The summed E-state index contributed by atoms with van der Waals surface area (Å²) in [5.74, 6) is 0.502. The predicted octanol–water partition coefficient (Wildman–Crippen LogP) is 2.29. The highest BCUT2D eigenvalue weighted by Gasteiger charge is 2.27. The van der Waals surface area contributed by atoms with Gasteiger partial charge in [0.1, 0.15) is 5.52 Å². The van der Waals surface area contributed by atoms with Crippen LogP contribution in [-0.4, -0.2) is 47.4 Å². The summed E-state index contributed by atoms with van der Waals surface area (Å²) in [6.45, 7) is 4.93. The van der Waals surface area contributed by atoms with Crippen molar-refractivity contribution >= 4 is 34.5 Å². The number of nitrogens with zero attached hydrogens (tertiary/aromatic N) is 2. The quantitative estimate of drug-likeness (QED) is 0.812. The third-order valence-electron chi connectivity index (χ3n) is 5.00. The monoisotopic (exact) mass is 392 g/mol. The van der Waals surface area contributed by atoms with Gasteiger partial charge in [0.2, 0.25) is 11.8 Å². The second-order valence-electron chi connectivity index (χ2n) is 7.31. The summed E-state index contributed by atoms with van der Waals surface area (Å²) in [5.41, 5.74) is 7.26. The molecule has 2 aromatic rings. The van der Waals surface area contributed by atoms with Crippen LogP contribution in [0.2, 0.25) is 5.02 Å². The van der Waals surface area contributed by atoms with Gasteiger partial charge in [-0.2, -0.15) is 0 Å². The lowest BCUT2D eigenvalue weighted by molar-refractivity contribution is -0.134. The predicted molar refractivity (Wildman–Crippen MR) is 103 cm³/mol. The average Bonchev–Trinajstić information content (AvgIpc) is 3.08. The van der Waals surface area contributed by atoms with Gasteiger partial charge in [0.25, 0.3) is 0 Å². The van der Waals surface area contributed by atoms with Crippen LogP contribution in [0.5, 0.6) is 0 Å². The number of oxazole rings is 1. The fourth-order valence-corrected chi connectivity index (χ4v) is 3.33. The normalized spacial score (nSPS) is 16.7. The van der Waals surface area contributed by atoms with Gasteiger partial charge in [0.15, 0.2) is 11.5 Å². The average molecular weight is 393 g/mol. The number of carbonyl (C=O) groups is 2. The maximum Gasteiger partial charge on any atom is 0.241 e. The minimum Gasteiger partial charge on any atom is -0.440 e. The van der Waals surface area contributed by atoms with E-state index in [2.05, 4.69) is 10.3 Å². The first-order valence-corrected chi connectivity index (χ1v) is 9.60. The molecular formula is C19H25ClN4O3. The first-order valence-electron chi connectivity index (χ1n) is 9.22. The van der Waals surface area contributed by atoms with Gasteiger partial charge in [-0.3, -0.25) is 9.59 Å². The molecule has 1 fully saturated rings. The van der Waals surface area contributed by atoms with Gasteiger partial charge < -0.3 is 20.4 Å². The molecule has 1 aromatic carbocycles. The van der Waals surface area contributed by atoms with E-state index in [9.17, 15) is 9.59 Å². The van der Waals surface area contributed by atoms with Gasteiger partial charge in [0.05, 0.1) is 12.6 Å². The molecule has 3 N–H and O–H groups in total. The van der Waals surface area contributed by atoms with Gasteiger partial charge in [-0.05, 0) is 37.0 Å². The van der Waals surface area contributed by atoms with Crippen molar-refractivity contribution in [3.8, 4) is 0 Å². The SMILES string of the molecule is CC(C)[C@H](N)C(=O)NCC(=O)N1CCC(c2nc3cc(Cl)ccc3o2)CC1. The number of carbonyl (C=O) groups excluding carboxylic acids is 2. The molecule has 2 heterocycles. The first kappa shape index (κ1) is 19.6. The van der Waals surface area contributed by atoms with Crippen LogP contribution in [0.1, 0.15) is 38.5 Å². The lowest BCUT2D eigenvalue weighted by Crippen LogP contribution is -2.49. The van der Waals surface area contributed by atoms with Crippen LogP contribution >= 0.6 is 11.6 Å². The fraction of sp³-hybridized carbons (Fsp3) is 0.526. The number of halogens is 1. The van der Waals surface area contributed by atoms with Crippen LogP contribution in [0, 0.1) is 5.92 Å². The van der Waals surface area contributed by atoms with E-state index < -0.39 is 6.04 Å². The maximum atomic E-state index is 12.3. The van der Waals surface area contributed by atoms with Crippen molar-refractivity contribution < 1.29 is 14.0 Å². The van der Waals surface area contributed by atoms with Gasteiger partial charge in [-0.15, -0.1) is 0 Å². The van der Waals surface area contributed by atoms with Crippen LogP contribution in [0.3, 0.4) is 0 Å². The van der Waals surface area contributed by atoms with E-state index in [0.717, 1.165) is 23.9 Å². The van der Waals surface area contributed by atoms with Crippen molar-refractivity contribution in [3.05, 3.63) is 29.1 Å². The number of hydrogen-bond donors (Lipinski definition) is 2. The van der Waals surface area contributed by atoms with Gasteiger partial charge in [-0.25, -0.2) is 4.98 Å². The number of benzene rings is 1. The van der Waals surface area contributed by atoms with Gasteiger partial charge >= 0.3 is 0 Å². The second-order valence-corrected chi connectivity index (χ2v) is 7.74. The van der Waals surface area contributed by atoms with Crippen molar-refractivity contribution in [2.45, 2.75) is 38.6 Å². The Hall–Kier alpha value is -2.12. The molecule has 0 bridgehead atoms. The van der Waals surface area contributed by atoms with E-state index in [1.165, 1.54) is 0 Å². The van der Waals surface area contributed by atoms with Crippen molar-refractivity contribution in [3.63, 3.8) is 0 Å². The first-order chi connectivity index (χ1) is 12.8. The summed E-state index contributed by atoms with van der Waals surface area (Å²) in [6.07, 6.45) is 1.54. The van der Waals surface area contributed by atoms with Crippen LogP contribution in [0.4, 0.5) is 0 Å². The highest BCUT2D eigenvalue weighted by molar-refractivity contribution is 6.31. The number of fused-ring (bicyclic) bond motifs is 1. The summed E-state index contributed by atoms with van der Waals surface area (Å²) in [4.78, 5) is 30.5. The van der Waals surface area contributed by atoms with E-state index in [-0.39, 0.29) is 30.2 Å². The second kappa shape index (κ2) is 8.27. The van der Waals surface area contributed by atoms with E-state index in [1.54, 1.807) is 17.0 Å². The number of nitrogens with one attached hydrogen (secondary N) is 1. The van der Waals surface area contributed by atoms with Crippen molar-refractivity contribution in [1.82, 2.24) is 15.2 Å². The molecule has 3 rings (SSSR count). The van der Waals surface area contributed by atoms with Crippen LogP contribution < -0.4 is 11.1 Å². The Labute approximate surface area is 163 Å². The van der Waals surface area contributed by atoms with E-state index in [1.807, 2.05) is 19.9 Å². The van der Waals surface area contributed by atoms with Crippen LogP contribution in [-0.2, 0) is 9.59 Å². The van der Waals surface area contributed by atoms with Crippen molar-refractivity contribution in [1.29, 1.82) is 0 Å². The molecule has 146 valence electrons.